The summed E-state index contributed by atoms with van der Waals surface area (Å²) in [5.41, 5.74) is 1.23. The maximum absolute atomic E-state index is 13.1. The van der Waals surface area contributed by atoms with Crippen LogP contribution in [0.15, 0.2) is 36.4 Å². The molecule has 0 saturated heterocycles. The molecule has 1 nitrogen and oxygen atoms in total. The zero-order valence-electron chi connectivity index (χ0n) is 9.62. The Hall–Kier alpha value is -1.81. The molecule has 0 amide bonds. The second-order valence-corrected chi connectivity index (χ2v) is 4.08. The van der Waals surface area contributed by atoms with Gasteiger partial charge < -0.3 is 5.11 Å². The first-order valence-corrected chi connectivity index (χ1v) is 5.38. The van der Waals surface area contributed by atoms with Gasteiger partial charge in [-0.1, -0.05) is 12.1 Å². The van der Waals surface area contributed by atoms with Gasteiger partial charge in [0.05, 0.1) is 0 Å². The third kappa shape index (κ3) is 2.38. The van der Waals surface area contributed by atoms with Crippen LogP contribution < -0.4 is 0 Å². The van der Waals surface area contributed by atoms with Crippen molar-refractivity contribution >= 4 is 0 Å². The molecule has 4 heteroatoms. The summed E-state index contributed by atoms with van der Waals surface area (Å²) in [5.74, 6) is -2.40. The van der Waals surface area contributed by atoms with Crippen LogP contribution in [0.2, 0.25) is 0 Å². The van der Waals surface area contributed by atoms with E-state index in [-0.39, 0.29) is 5.56 Å². The average Bonchev–Trinajstić information content (AvgIpc) is 2.32. The molecular weight excluding hydrogens is 241 g/mol. The normalized spacial score (nSPS) is 12.5. The van der Waals surface area contributed by atoms with E-state index < -0.39 is 23.6 Å². The minimum absolute atomic E-state index is 0.226. The summed E-state index contributed by atoms with van der Waals surface area (Å²) in [6.07, 6.45) is -1.11. The van der Waals surface area contributed by atoms with E-state index in [0.29, 0.717) is 11.1 Å². The lowest BCUT2D eigenvalue weighted by atomic mass is 9.97. The summed E-state index contributed by atoms with van der Waals surface area (Å²) in [6.45, 7) is 1.64. The third-order valence-corrected chi connectivity index (χ3v) is 2.79. The van der Waals surface area contributed by atoms with Gasteiger partial charge in [-0.2, -0.15) is 0 Å². The Labute approximate surface area is 103 Å². The van der Waals surface area contributed by atoms with E-state index in [4.69, 9.17) is 0 Å². The molecule has 0 heterocycles. The molecule has 2 aromatic carbocycles. The second kappa shape index (κ2) is 4.82. The first-order valence-electron chi connectivity index (χ1n) is 5.38. The first-order chi connectivity index (χ1) is 8.49. The smallest absolute Gasteiger partial charge is 0.159 e. The van der Waals surface area contributed by atoms with E-state index in [9.17, 15) is 18.3 Å². The SMILES string of the molecule is Cc1cc(F)ccc1C(O)c1ccc(F)c(F)c1. The zero-order valence-corrected chi connectivity index (χ0v) is 9.62. The number of aryl methyl sites for hydroxylation is 1. The Balaban J connectivity index is 2.41. The number of hydrogen-bond donors (Lipinski definition) is 1. The summed E-state index contributed by atoms with van der Waals surface area (Å²) in [4.78, 5) is 0. The number of hydrogen-bond acceptors (Lipinski definition) is 1. The molecule has 1 unspecified atom stereocenters. The second-order valence-electron chi connectivity index (χ2n) is 4.08. The van der Waals surface area contributed by atoms with Gasteiger partial charge in [-0.05, 0) is 47.9 Å². The fraction of sp³-hybridized carbons (Fsp3) is 0.143. The first kappa shape index (κ1) is 12.6. The Morgan fingerprint density at radius 2 is 1.67 bits per heavy atom. The molecule has 1 atom stereocenters. The van der Waals surface area contributed by atoms with Gasteiger partial charge in [-0.25, -0.2) is 13.2 Å². The average molecular weight is 252 g/mol. The minimum Gasteiger partial charge on any atom is -0.384 e. The minimum atomic E-state index is -1.11. The van der Waals surface area contributed by atoms with E-state index in [1.807, 2.05) is 0 Å². The molecule has 2 aromatic rings. The third-order valence-electron chi connectivity index (χ3n) is 2.79. The van der Waals surface area contributed by atoms with Crippen LogP contribution >= 0.6 is 0 Å². The fourth-order valence-corrected chi connectivity index (χ4v) is 1.81. The van der Waals surface area contributed by atoms with Gasteiger partial charge in [0.1, 0.15) is 11.9 Å². The van der Waals surface area contributed by atoms with E-state index in [0.717, 1.165) is 12.1 Å². The Bertz CT molecular complexity index is 581. The summed E-state index contributed by atoms with van der Waals surface area (Å²) in [5, 5.41) is 10.1. The molecule has 1 N–H and O–H groups in total. The van der Waals surface area contributed by atoms with Crippen molar-refractivity contribution in [3.05, 3.63) is 70.5 Å². The molecule has 0 spiro atoms. The highest BCUT2D eigenvalue weighted by Gasteiger charge is 2.15. The Kier molecular flexibility index (Phi) is 3.39. The Morgan fingerprint density at radius 1 is 0.944 bits per heavy atom. The van der Waals surface area contributed by atoms with Crippen LogP contribution in [0, 0.1) is 24.4 Å². The van der Waals surface area contributed by atoms with Gasteiger partial charge in [0.2, 0.25) is 0 Å². The maximum atomic E-state index is 13.1. The maximum Gasteiger partial charge on any atom is 0.159 e. The van der Waals surface area contributed by atoms with Crippen LogP contribution in [-0.2, 0) is 0 Å². The van der Waals surface area contributed by atoms with E-state index in [1.54, 1.807) is 6.92 Å². The molecule has 0 aliphatic carbocycles. The summed E-state index contributed by atoms with van der Waals surface area (Å²) >= 11 is 0. The molecular formula is C14H11F3O. The van der Waals surface area contributed by atoms with Gasteiger partial charge in [0.25, 0.3) is 0 Å². The molecule has 0 saturated carbocycles. The lowest BCUT2D eigenvalue weighted by Gasteiger charge is -2.14. The summed E-state index contributed by atoms with van der Waals surface area (Å²) < 4.78 is 38.8. The number of aliphatic hydroxyl groups excluding tert-OH is 1. The number of halogens is 3. The topological polar surface area (TPSA) is 20.2 Å². The highest BCUT2D eigenvalue weighted by atomic mass is 19.2. The molecule has 0 aromatic heterocycles. The number of aliphatic hydroxyl groups is 1. The van der Waals surface area contributed by atoms with Crippen molar-refractivity contribution in [3.63, 3.8) is 0 Å². The summed E-state index contributed by atoms with van der Waals surface area (Å²) in [7, 11) is 0. The lowest BCUT2D eigenvalue weighted by Crippen LogP contribution is -2.03. The molecule has 94 valence electrons. The van der Waals surface area contributed by atoms with E-state index in [1.165, 1.54) is 24.3 Å². The van der Waals surface area contributed by atoms with Gasteiger partial charge in [0, 0.05) is 0 Å². The zero-order chi connectivity index (χ0) is 13.3. The van der Waals surface area contributed by atoms with Crippen LogP contribution in [0.25, 0.3) is 0 Å². The standard InChI is InChI=1S/C14H11F3O/c1-8-6-10(15)3-4-11(8)14(18)9-2-5-12(16)13(17)7-9/h2-7,14,18H,1H3. The molecule has 0 bridgehead atoms. The largest absolute Gasteiger partial charge is 0.384 e. The van der Waals surface area contributed by atoms with Gasteiger partial charge in [-0.3, -0.25) is 0 Å². The monoisotopic (exact) mass is 252 g/mol. The van der Waals surface area contributed by atoms with Crippen LogP contribution in [-0.4, -0.2) is 5.11 Å². The van der Waals surface area contributed by atoms with Crippen LogP contribution in [0.4, 0.5) is 13.2 Å². The highest BCUT2D eigenvalue weighted by molar-refractivity contribution is 5.35. The van der Waals surface area contributed by atoms with Crippen LogP contribution in [0.1, 0.15) is 22.8 Å². The van der Waals surface area contributed by atoms with Crippen molar-refractivity contribution < 1.29 is 18.3 Å². The van der Waals surface area contributed by atoms with Crippen molar-refractivity contribution in [2.45, 2.75) is 13.0 Å². The van der Waals surface area contributed by atoms with Crippen molar-refractivity contribution in [2.75, 3.05) is 0 Å². The predicted molar refractivity (Wildman–Crippen MR) is 61.6 cm³/mol. The molecule has 0 radical (unpaired) electrons. The molecule has 0 aliphatic heterocycles. The predicted octanol–water partition coefficient (Wildman–Crippen LogP) is 3.49. The lowest BCUT2D eigenvalue weighted by molar-refractivity contribution is 0.218. The number of benzene rings is 2. The molecule has 0 aliphatic rings. The molecule has 18 heavy (non-hydrogen) atoms. The van der Waals surface area contributed by atoms with Crippen molar-refractivity contribution in [1.82, 2.24) is 0 Å². The molecule has 2 rings (SSSR count). The van der Waals surface area contributed by atoms with Crippen molar-refractivity contribution in [2.24, 2.45) is 0 Å². The highest BCUT2D eigenvalue weighted by Crippen LogP contribution is 2.26. The van der Waals surface area contributed by atoms with Crippen LogP contribution in [0.3, 0.4) is 0 Å². The van der Waals surface area contributed by atoms with Gasteiger partial charge in [-0.15, -0.1) is 0 Å². The van der Waals surface area contributed by atoms with E-state index in [2.05, 4.69) is 0 Å². The summed E-state index contributed by atoms with van der Waals surface area (Å²) in [6, 6.07) is 7.10. The van der Waals surface area contributed by atoms with Gasteiger partial charge in [0.15, 0.2) is 11.6 Å². The quantitative estimate of drug-likeness (QED) is 0.867. The van der Waals surface area contributed by atoms with Crippen molar-refractivity contribution in [3.8, 4) is 0 Å². The molecule has 0 fully saturated rings. The fourth-order valence-electron chi connectivity index (χ4n) is 1.81. The van der Waals surface area contributed by atoms with E-state index >= 15 is 0 Å². The van der Waals surface area contributed by atoms with Gasteiger partial charge >= 0.3 is 0 Å². The number of rotatable bonds is 2. The van der Waals surface area contributed by atoms with Crippen LogP contribution in [0.5, 0.6) is 0 Å². The Morgan fingerprint density at radius 3 is 2.28 bits per heavy atom. The van der Waals surface area contributed by atoms with Crippen molar-refractivity contribution in [1.29, 1.82) is 0 Å².